The van der Waals surface area contributed by atoms with Crippen LogP contribution in [0.2, 0.25) is 0 Å². The Hall–Kier alpha value is -4.37. The van der Waals surface area contributed by atoms with Crippen molar-refractivity contribution < 1.29 is 14.3 Å². The van der Waals surface area contributed by atoms with E-state index in [0.29, 0.717) is 35.4 Å². The van der Waals surface area contributed by atoms with Crippen molar-refractivity contribution in [2.45, 2.75) is 0 Å². The molecule has 0 atom stereocenters. The molecule has 0 aliphatic heterocycles. The van der Waals surface area contributed by atoms with E-state index in [2.05, 4.69) is 20.6 Å². The monoisotopic (exact) mass is 472 g/mol. The number of nitrogens with one attached hydrogen (secondary N) is 3. The lowest BCUT2D eigenvalue weighted by atomic mass is 10.1. The van der Waals surface area contributed by atoms with Gasteiger partial charge in [-0.15, -0.1) is 0 Å². The number of aromatic amines is 1. The third-order valence-corrected chi connectivity index (χ3v) is 5.29. The van der Waals surface area contributed by atoms with E-state index >= 15 is 0 Å². The summed E-state index contributed by atoms with van der Waals surface area (Å²) in [4.78, 5) is 26.7. The van der Waals surface area contributed by atoms with Gasteiger partial charge in [0, 0.05) is 47.5 Å². The Bertz CT molecular complexity index is 1360. The highest BCUT2D eigenvalue weighted by Crippen LogP contribution is 2.38. The number of benzene rings is 2. The summed E-state index contributed by atoms with van der Waals surface area (Å²) in [5.74, 6) is 1.11. The van der Waals surface area contributed by atoms with Gasteiger partial charge in [0.1, 0.15) is 11.5 Å². The Balaban J connectivity index is 1.62. The molecule has 0 aliphatic carbocycles. The van der Waals surface area contributed by atoms with Crippen molar-refractivity contribution in [1.29, 1.82) is 0 Å². The van der Waals surface area contributed by atoms with Gasteiger partial charge in [0.25, 0.3) is 0 Å². The number of H-pyrrole nitrogens is 1. The lowest BCUT2D eigenvalue weighted by molar-refractivity contribution is -0.111. The van der Waals surface area contributed by atoms with Crippen molar-refractivity contribution in [2.75, 3.05) is 45.5 Å². The molecule has 4 rings (SSSR count). The average molecular weight is 473 g/mol. The van der Waals surface area contributed by atoms with Crippen LogP contribution in [-0.4, -0.2) is 60.6 Å². The molecule has 0 bridgehead atoms. The maximum atomic E-state index is 12.4. The number of aromatic nitrogens is 3. The number of amides is 1. The number of nitrogens with zero attached hydrogens (tertiary/aromatic N) is 3. The number of likely N-dealkylation sites (N-methyl/N-ethyl adjacent to an activating group) is 1. The Labute approximate surface area is 203 Å². The van der Waals surface area contributed by atoms with Crippen LogP contribution in [0.4, 0.5) is 17.3 Å². The summed E-state index contributed by atoms with van der Waals surface area (Å²) in [5, 5.41) is 7.14. The molecule has 1 amide bonds. The van der Waals surface area contributed by atoms with Gasteiger partial charge in [0.05, 0.1) is 31.3 Å². The van der Waals surface area contributed by atoms with Crippen molar-refractivity contribution in [3.05, 3.63) is 67.0 Å². The van der Waals surface area contributed by atoms with E-state index in [1.807, 2.05) is 55.5 Å². The normalized spacial score (nSPS) is 11.2. The molecule has 0 aliphatic rings. The van der Waals surface area contributed by atoms with Crippen LogP contribution in [0, 0.1) is 0 Å². The van der Waals surface area contributed by atoms with E-state index in [1.165, 1.54) is 13.2 Å². The highest BCUT2D eigenvalue weighted by molar-refractivity contribution is 6.01. The smallest absolute Gasteiger partial charge is 0.248 e. The first-order valence-electron chi connectivity index (χ1n) is 11.0. The fourth-order valence-corrected chi connectivity index (χ4v) is 3.61. The largest absolute Gasteiger partial charge is 0.494 e. The lowest BCUT2D eigenvalue weighted by Crippen LogP contribution is -2.13. The van der Waals surface area contributed by atoms with E-state index in [4.69, 9.17) is 14.5 Å². The molecule has 35 heavy (non-hydrogen) atoms. The zero-order valence-corrected chi connectivity index (χ0v) is 20.1. The molecule has 180 valence electrons. The molecule has 0 unspecified atom stereocenters. The minimum absolute atomic E-state index is 0.265. The predicted octanol–water partition coefficient (Wildman–Crippen LogP) is 4.44. The molecule has 2 aromatic heterocycles. The average Bonchev–Trinajstić information content (AvgIpc) is 3.28. The van der Waals surface area contributed by atoms with Crippen molar-refractivity contribution in [1.82, 2.24) is 19.9 Å². The lowest BCUT2D eigenvalue weighted by Gasteiger charge is -2.16. The van der Waals surface area contributed by atoms with Crippen molar-refractivity contribution in [3.8, 4) is 22.8 Å². The van der Waals surface area contributed by atoms with Crippen molar-refractivity contribution in [2.24, 2.45) is 0 Å². The number of rotatable bonds is 9. The number of carbonyl (C=O) groups is 1. The number of anilines is 3. The third-order valence-electron chi connectivity index (χ3n) is 5.29. The summed E-state index contributed by atoms with van der Waals surface area (Å²) < 4.78 is 11.0. The zero-order valence-electron chi connectivity index (χ0n) is 20.1. The van der Waals surface area contributed by atoms with Crippen LogP contribution in [0.3, 0.4) is 0 Å². The molecule has 2 heterocycles. The number of fused-ring (bicyclic) bond motifs is 1. The van der Waals surface area contributed by atoms with Gasteiger partial charge in [-0.25, -0.2) is 9.97 Å². The van der Waals surface area contributed by atoms with Gasteiger partial charge in [-0.2, -0.15) is 0 Å². The Morgan fingerprint density at radius 2 is 1.86 bits per heavy atom. The van der Waals surface area contributed by atoms with Crippen molar-refractivity contribution >= 4 is 34.1 Å². The van der Waals surface area contributed by atoms with E-state index < -0.39 is 0 Å². The Morgan fingerprint density at radius 1 is 1.09 bits per heavy atom. The molecule has 0 fully saturated rings. The molecule has 0 saturated carbocycles. The van der Waals surface area contributed by atoms with Gasteiger partial charge in [-0.05, 0) is 32.3 Å². The van der Waals surface area contributed by atoms with Crippen LogP contribution < -0.4 is 20.1 Å². The fraction of sp³-hybridized carbons (Fsp3) is 0.192. The molecular weight excluding hydrogens is 444 g/mol. The number of hydrogen-bond acceptors (Lipinski definition) is 7. The Morgan fingerprint density at radius 3 is 2.63 bits per heavy atom. The molecule has 0 saturated heterocycles. The van der Waals surface area contributed by atoms with Gasteiger partial charge < -0.3 is 30.0 Å². The highest BCUT2D eigenvalue weighted by Gasteiger charge is 2.15. The molecule has 9 nitrogen and oxygen atoms in total. The summed E-state index contributed by atoms with van der Waals surface area (Å²) in [6, 6.07) is 13.3. The van der Waals surface area contributed by atoms with Gasteiger partial charge >= 0.3 is 0 Å². The summed E-state index contributed by atoms with van der Waals surface area (Å²) in [6.07, 6.45) is 6.90. The van der Waals surface area contributed by atoms with Gasteiger partial charge in [0.2, 0.25) is 11.9 Å². The number of carbonyl (C=O) groups excluding carboxylic acids is 1. The van der Waals surface area contributed by atoms with Crippen LogP contribution in [0.1, 0.15) is 0 Å². The van der Waals surface area contributed by atoms with Gasteiger partial charge in [-0.3, -0.25) is 4.79 Å². The summed E-state index contributed by atoms with van der Waals surface area (Å²) in [5.41, 5.74) is 3.85. The first-order valence-corrected chi connectivity index (χ1v) is 11.0. The predicted molar refractivity (Wildman–Crippen MR) is 138 cm³/mol. The minimum Gasteiger partial charge on any atom is -0.494 e. The third kappa shape index (κ3) is 5.59. The van der Waals surface area contributed by atoms with Crippen molar-refractivity contribution in [3.63, 3.8) is 0 Å². The van der Waals surface area contributed by atoms with E-state index in [9.17, 15) is 4.79 Å². The van der Waals surface area contributed by atoms with Crippen LogP contribution in [-0.2, 0) is 4.79 Å². The fourth-order valence-electron chi connectivity index (χ4n) is 3.61. The maximum Gasteiger partial charge on any atom is 0.248 e. The topological polar surface area (TPSA) is 104 Å². The molecule has 2 aromatic carbocycles. The number of para-hydroxylation sites is 1. The van der Waals surface area contributed by atoms with Gasteiger partial charge in [-0.1, -0.05) is 24.3 Å². The molecule has 3 N–H and O–H groups in total. The standard InChI is InChI=1S/C26H28N6O3/c1-32(2)13-7-10-25(33)29-21-14-22(24(35-4)15-23(21)34-3)31-26-27-12-11-20(30-26)18-16-28-19-9-6-5-8-17(18)19/h5-12,14-16,28H,13H2,1-4H3,(H,29,33)(H,27,30,31)/b10-7+. The van der Waals surface area contributed by atoms with Gasteiger partial charge in [0.15, 0.2) is 0 Å². The maximum absolute atomic E-state index is 12.4. The minimum atomic E-state index is -0.265. The molecule has 0 radical (unpaired) electrons. The van der Waals surface area contributed by atoms with Crippen LogP contribution >= 0.6 is 0 Å². The van der Waals surface area contributed by atoms with Crippen LogP contribution in [0.25, 0.3) is 22.2 Å². The highest BCUT2D eigenvalue weighted by atomic mass is 16.5. The quantitative estimate of drug-likeness (QED) is 0.309. The van der Waals surface area contributed by atoms with E-state index in [0.717, 1.165) is 22.2 Å². The summed E-state index contributed by atoms with van der Waals surface area (Å²) >= 11 is 0. The second-order valence-corrected chi connectivity index (χ2v) is 8.05. The first kappa shape index (κ1) is 23.8. The summed E-state index contributed by atoms with van der Waals surface area (Å²) in [7, 11) is 6.96. The molecule has 4 aromatic rings. The van der Waals surface area contributed by atoms with E-state index in [-0.39, 0.29) is 5.91 Å². The zero-order chi connectivity index (χ0) is 24.8. The number of hydrogen-bond donors (Lipinski definition) is 3. The second-order valence-electron chi connectivity index (χ2n) is 8.05. The van der Waals surface area contributed by atoms with E-state index in [1.54, 1.807) is 31.5 Å². The molecule has 9 heteroatoms. The number of ether oxygens (including phenoxy) is 2. The first-order chi connectivity index (χ1) is 17.0. The summed E-state index contributed by atoms with van der Waals surface area (Å²) in [6.45, 7) is 0.657. The van der Waals surface area contributed by atoms with Crippen LogP contribution in [0.15, 0.2) is 67.0 Å². The Kier molecular flexibility index (Phi) is 7.27. The molecule has 0 spiro atoms. The second kappa shape index (κ2) is 10.7. The SMILES string of the molecule is COc1cc(OC)c(Nc2nccc(-c3c[nH]c4ccccc34)n2)cc1NC(=O)/C=C/CN(C)C. The molecular formula is C26H28N6O3. The number of methoxy groups -OCH3 is 2. The van der Waals surface area contributed by atoms with Crippen LogP contribution in [0.5, 0.6) is 11.5 Å².